The van der Waals surface area contributed by atoms with Crippen LogP contribution in [0.15, 0.2) is 12.2 Å². The highest BCUT2D eigenvalue weighted by Crippen LogP contribution is 2.09. The van der Waals surface area contributed by atoms with Gasteiger partial charge in [0.05, 0.1) is 27.2 Å². The Hall–Kier alpha value is -0.620. The smallest absolute Gasteiger partial charge is 0.217 e. The third-order valence-electron chi connectivity index (χ3n) is 5.43. The van der Waals surface area contributed by atoms with Crippen LogP contribution in [0.25, 0.3) is 0 Å². The second-order valence-electron chi connectivity index (χ2n) is 9.48. The quantitative estimate of drug-likeness (QED) is 0.143. The molecule has 0 rings (SSSR count). The molecule has 6 heteroatoms. The molecule has 0 aromatic heterocycles. The van der Waals surface area contributed by atoms with Crippen LogP contribution in [0.5, 0.6) is 0 Å². The molecule has 0 saturated carbocycles. The maximum atomic E-state index is 10.5. The van der Waals surface area contributed by atoms with Crippen molar-refractivity contribution in [1.82, 2.24) is 0 Å². The van der Waals surface area contributed by atoms with Crippen LogP contribution >= 0.6 is 0 Å². The average molecular weight is 479 g/mol. The molecule has 0 heterocycles. The number of primary amides is 1. The van der Waals surface area contributed by atoms with Crippen molar-refractivity contribution in [3.05, 3.63) is 12.2 Å². The molecule has 0 aromatic carbocycles. The molecule has 1 unspecified atom stereocenters. The predicted octanol–water partition coefficient (Wildman–Crippen LogP) is 2.34. The summed E-state index contributed by atoms with van der Waals surface area (Å²) in [7, 11) is 4.12. The van der Waals surface area contributed by atoms with E-state index in [0.717, 1.165) is 30.3 Å². The molecule has 5 nitrogen and oxygen atoms in total. The number of aliphatic hydroxyl groups is 2. The van der Waals surface area contributed by atoms with Gasteiger partial charge in [0.15, 0.2) is 0 Å². The lowest BCUT2D eigenvalue weighted by atomic mass is 10.1. The zero-order valence-corrected chi connectivity index (χ0v) is 22.4. The summed E-state index contributed by atoms with van der Waals surface area (Å²) in [6.45, 7) is 5.92. The van der Waals surface area contributed by atoms with Gasteiger partial charge in [0.25, 0.3) is 0 Å². The van der Waals surface area contributed by atoms with Gasteiger partial charge < -0.3 is 32.8 Å². The first kappa shape index (κ1) is 36.0. The third kappa shape index (κ3) is 31.6. The van der Waals surface area contributed by atoms with Crippen LogP contribution in [-0.4, -0.2) is 60.5 Å². The molecule has 0 aliphatic heterocycles. The number of hydrogen-bond donors (Lipinski definition) is 3. The van der Waals surface area contributed by atoms with Crippen molar-refractivity contribution < 1.29 is 31.9 Å². The van der Waals surface area contributed by atoms with Crippen molar-refractivity contribution in [2.75, 3.05) is 33.8 Å². The lowest BCUT2D eigenvalue weighted by Crippen LogP contribution is -3.00. The van der Waals surface area contributed by atoms with Gasteiger partial charge in [-0.3, -0.25) is 4.79 Å². The summed E-state index contributed by atoms with van der Waals surface area (Å²) in [5, 5.41) is 17.8. The second kappa shape index (κ2) is 26.6. The largest absolute Gasteiger partial charge is 1.00 e. The zero-order chi connectivity index (χ0) is 23.8. The number of carbonyl (C=O) groups excluding carboxylic acids is 1. The molecule has 4 N–H and O–H groups in total. The van der Waals surface area contributed by atoms with Crippen LogP contribution in [0.3, 0.4) is 0 Å². The summed E-state index contributed by atoms with van der Waals surface area (Å²) >= 11 is 0. The van der Waals surface area contributed by atoms with E-state index in [1.807, 2.05) is 0 Å². The van der Waals surface area contributed by atoms with Gasteiger partial charge in [-0.15, -0.1) is 0 Å². The monoisotopic (exact) mass is 478 g/mol. The molecule has 1 amide bonds. The molecule has 0 aliphatic rings. The lowest BCUT2D eigenvalue weighted by molar-refractivity contribution is -0.893. The van der Waals surface area contributed by atoms with Crippen molar-refractivity contribution in [3.63, 3.8) is 0 Å². The highest BCUT2D eigenvalue weighted by Gasteiger charge is 2.18. The van der Waals surface area contributed by atoms with Crippen LogP contribution in [0.4, 0.5) is 0 Å². The fourth-order valence-electron chi connectivity index (χ4n) is 3.69. The number of nitrogens with zero attached hydrogens (tertiary/aromatic N) is 1. The maximum absolute atomic E-state index is 10.5. The van der Waals surface area contributed by atoms with Gasteiger partial charge in [-0.05, 0) is 38.5 Å². The minimum absolute atomic E-state index is 0. The number of quaternary nitrogens is 1. The van der Waals surface area contributed by atoms with Crippen molar-refractivity contribution in [2.24, 2.45) is 5.73 Å². The fraction of sp³-hybridized carbons (Fsp3) is 0.885. The number of rotatable bonds is 20. The molecule has 0 saturated heterocycles. The third-order valence-corrected chi connectivity index (χ3v) is 5.43. The van der Waals surface area contributed by atoms with Crippen LogP contribution < -0.4 is 18.1 Å². The second-order valence-corrected chi connectivity index (χ2v) is 9.48. The molecule has 0 bridgehead atoms. The Kier molecular flexibility index (Phi) is 29.9. The fourth-order valence-corrected chi connectivity index (χ4v) is 3.69. The number of unbranched alkanes of at least 4 members (excludes halogenated alkanes) is 11. The first-order chi connectivity index (χ1) is 14.8. The summed E-state index contributed by atoms with van der Waals surface area (Å²) < 4.78 is 0.776. The molecular weight excluding hydrogens is 424 g/mol. The predicted molar refractivity (Wildman–Crippen MR) is 134 cm³/mol. The van der Waals surface area contributed by atoms with Gasteiger partial charge in [-0.25, -0.2) is 0 Å². The Bertz CT molecular complexity index is 418. The number of amides is 1. The number of halogens is 1. The number of nitrogens with two attached hydrogens (primary N) is 1. The first-order valence-electron chi connectivity index (χ1n) is 12.8. The summed E-state index contributed by atoms with van der Waals surface area (Å²) in [6, 6.07) is 0. The van der Waals surface area contributed by atoms with Gasteiger partial charge in [0.2, 0.25) is 5.91 Å². The summed E-state index contributed by atoms with van der Waals surface area (Å²) in [5.74, 6) is -0.164. The number of allylic oxidation sites excluding steroid dienone is 2. The normalized spacial score (nSPS) is 12.2. The SMILES string of the molecule is CCCCCCCC/C=C\CCCCCCCC(N)=O.CCC[N+](C)(C)CC(O)CO.[Cl-]. The van der Waals surface area contributed by atoms with Gasteiger partial charge in [-0.2, -0.15) is 0 Å². The van der Waals surface area contributed by atoms with Crippen LogP contribution in [0, 0.1) is 0 Å². The highest BCUT2D eigenvalue weighted by atomic mass is 35.5. The lowest BCUT2D eigenvalue weighted by Gasteiger charge is -2.30. The van der Waals surface area contributed by atoms with E-state index in [-0.39, 0.29) is 24.9 Å². The van der Waals surface area contributed by atoms with E-state index in [2.05, 4.69) is 40.1 Å². The molecule has 0 aromatic rings. The summed E-state index contributed by atoms with van der Waals surface area (Å²) in [5.41, 5.74) is 5.10. The number of likely N-dealkylation sites (N-methyl/N-ethyl adjacent to an activating group) is 1. The average Bonchev–Trinajstić information content (AvgIpc) is 2.70. The van der Waals surface area contributed by atoms with Gasteiger partial charge in [0.1, 0.15) is 12.6 Å². The maximum Gasteiger partial charge on any atom is 0.217 e. The minimum atomic E-state index is -0.573. The molecule has 0 aliphatic carbocycles. The van der Waals surface area contributed by atoms with Crippen molar-refractivity contribution in [2.45, 2.75) is 116 Å². The van der Waals surface area contributed by atoms with Crippen molar-refractivity contribution >= 4 is 5.91 Å². The molecule has 0 spiro atoms. The van der Waals surface area contributed by atoms with Crippen molar-refractivity contribution in [3.8, 4) is 0 Å². The van der Waals surface area contributed by atoms with Crippen LogP contribution in [0.2, 0.25) is 0 Å². The molecule has 194 valence electrons. The van der Waals surface area contributed by atoms with Crippen molar-refractivity contribution in [1.29, 1.82) is 0 Å². The first-order valence-corrected chi connectivity index (χ1v) is 12.8. The van der Waals surface area contributed by atoms with E-state index in [0.29, 0.717) is 13.0 Å². The van der Waals surface area contributed by atoms with Crippen LogP contribution in [0.1, 0.15) is 110 Å². The molecular formula is C26H55ClN2O3. The number of hydrogen-bond acceptors (Lipinski definition) is 3. The Morgan fingerprint density at radius 1 is 0.844 bits per heavy atom. The van der Waals surface area contributed by atoms with E-state index in [1.165, 1.54) is 70.6 Å². The van der Waals surface area contributed by atoms with Gasteiger partial charge >= 0.3 is 0 Å². The number of aliphatic hydroxyl groups excluding tert-OH is 2. The molecule has 0 radical (unpaired) electrons. The minimum Gasteiger partial charge on any atom is -1.00 e. The Morgan fingerprint density at radius 2 is 1.31 bits per heavy atom. The van der Waals surface area contributed by atoms with E-state index in [1.54, 1.807) is 0 Å². The Balaban J connectivity index is -0.000000597. The molecule has 1 atom stereocenters. The van der Waals surface area contributed by atoms with Gasteiger partial charge in [0, 0.05) is 6.42 Å². The van der Waals surface area contributed by atoms with Crippen LogP contribution in [-0.2, 0) is 4.79 Å². The molecule has 32 heavy (non-hydrogen) atoms. The number of carbonyl (C=O) groups is 1. The van der Waals surface area contributed by atoms with E-state index < -0.39 is 6.10 Å². The van der Waals surface area contributed by atoms with E-state index in [4.69, 9.17) is 15.9 Å². The Labute approximate surface area is 205 Å². The summed E-state index contributed by atoms with van der Waals surface area (Å²) in [4.78, 5) is 10.5. The topological polar surface area (TPSA) is 83.6 Å². The highest BCUT2D eigenvalue weighted by molar-refractivity contribution is 5.73. The standard InChI is InChI=1S/C18H35NO.C8H20NO2.ClH/c1-2-3-4-5-6-7-8-9-10-11-12-13-14-15-16-17-18(19)20;1-4-5-9(2,3)6-8(11)7-10;/h9-10H,2-8,11-17H2,1H3,(H2,19,20);8,10-11H,4-7H2,1-3H3;1H/q;+1;/p-1/b10-9-;;. The zero-order valence-electron chi connectivity index (χ0n) is 21.7. The van der Waals surface area contributed by atoms with Gasteiger partial charge in [-0.1, -0.05) is 77.4 Å². The van der Waals surface area contributed by atoms with E-state index in [9.17, 15) is 4.79 Å². The van der Waals surface area contributed by atoms with E-state index >= 15 is 0 Å². The Morgan fingerprint density at radius 3 is 1.75 bits per heavy atom. The molecule has 0 fully saturated rings. The summed E-state index contributed by atoms with van der Waals surface area (Å²) in [6.07, 6.45) is 22.5.